The van der Waals surface area contributed by atoms with E-state index in [4.69, 9.17) is 9.47 Å². The van der Waals surface area contributed by atoms with E-state index >= 15 is 0 Å². The molecule has 44 heavy (non-hydrogen) atoms. The van der Waals surface area contributed by atoms with Crippen molar-refractivity contribution in [3.8, 4) is 11.5 Å². The van der Waals surface area contributed by atoms with Crippen LogP contribution in [0.3, 0.4) is 0 Å². The average Bonchev–Trinajstić information content (AvgIpc) is 2.98. The molecule has 8 nitrogen and oxygen atoms in total. The molecule has 10 heteroatoms. The van der Waals surface area contributed by atoms with E-state index in [1.54, 1.807) is 24.3 Å². The zero-order chi connectivity index (χ0) is 31.3. The number of rotatable bonds is 24. The van der Waals surface area contributed by atoms with Crippen LogP contribution in [0.15, 0.2) is 47.4 Å². The molecule has 0 aliphatic heterocycles. The fourth-order valence-corrected chi connectivity index (χ4v) is 5.47. The molecule has 2 N–H and O–H groups in total. The van der Waals surface area contributed by atoms with Crippen molar-refractivity contribution in [1.82, 2.24) is 0 Å². The molecule has 0 unspecified atom stereocenters. The van der Waals surface area contributed by atoms with Crippen molar-refractivity contribution in [2.24, 2.45) is 0 Å². The molecule has 2 aromatic carbocycles. The third kappa shape index (κ3) is 17.4. The summed E-state index contributed by atoms with van der Waals surface area (Å²) < 4.78 is 43.0. The number of nitrogens with one attached hydrogen (secondary N) is 1. The van der Waals surface area contributed by atoms with Crippen molar-refractivity contribution in [2.75, 3.05) is 19.0 Å². The van der Waals surface area contributed by atoms with Crippen molar-refractivity contribution < 1.29 is 32.0 Å². The minimum atomic E-state index is -4.46. The first-order valence-electron chi connectivity index (χ1n) is 16.0. The fourth-order valence-electron chi connectivity index (χ4n) is 4.96. The van der Waals surface area contributed by atoms with Crippen LogP contribution in [-0.4, -0.2) is 89.8 Å². The van der Waals surface area contributed by atoms with E-state index in [2.05, 4.69) is 12.2 Å². The number of anilines is 1. The van der Waals surface area contributed by atoms with Crippen LogP contribution in [0.4, 0.5) is 5.69 Å². The van der Waals surface area contributed by atoms with Gasteiger partial charge in [0.1, 0.15) is 11.5 Å². The van der Waals surface area contributed by atoms with Gasteiger partial charge >= 0.3 is 51.4 Å². The molecule has 0 aliphatic rings. The Labute approximate surface area is 307 Å². The third-order valence-corrected chi connectivity index (χ3v) is 8.36. The Bertz CT molecular complexity index is 1200. The molecular weight excluding hydrogens is 606 g/mol. The van der Waals surface area contributed by atoms with Gasteiger partial charge in [-0.1, -0.05) is 103 Å². The predicted molar refractivity (Wildman–Crippen MR) is 179 cm³/mol. The first-order chi connectivity index (χ1) is 20.7. The summed E-state index contributed by atoms with van der Waals surface area (Å²) in [5, 5.41) is 2.48. The molecule has 0 fully saturated rings. The van der Waals surface area contributed by atoms with E-state index in [0.29, 0.717) is 17.9 Å². The molecule has 242 valence electrons. The van der Waals surface area contributed by atoms with Crippen LogP contribution in [0.1, 0.15) is 126 Å². The molecule has 0 radical (unpaired) electrons. The fraction of sp³-hybridized carbons (Fsp3) is 0.588. The van der Waals surface area contributed by atoms with Crippen LogP contribution in [-0.2, 0) is 14.9 Å². The topological polar surface area (TPSA) is 119 Å². The first kappa shape index (κ1) is 40.7. The standard InChI is InChI=1S/C34H51NO7S.K.H/c1-3-4-5-6-7-8-9-10-11-12-13-14-15-16-17-18-25-42-29-21-19-28(20-22-29)32(36)27-34(37)35-31-26-30(43(38,39)40)23-24-33(31)41-2;;/h19-24,26H,3-18,25,27H2,1-2H3,(H,35,37)(H,38,39,40);;. The molecule has 0 saturated carbocycles. The van der Waals surface area contributed by atoms with Crippen LogP contribution in [0.2, 0.25) is 0 Å². The molecule has 0 aliphatic carbocycles. The number of ether oxygens (including phenoxy) is 2. The summed E-state index contributed by atoms with van der Waals surface area (Å²) in [5.74, 6) is -0.167. The summed E-state index contributed by atoms with van der Waals surface area (Å²) in [6.07, 6.45) is 20.7. The van der Waals surface area contributed by atoms with E-state index in [0.717, 1.165) is 25.0 Å². The number of hydrogen-bond donors (Lipinski definition) is 2. The van der Waals surface area contributed by atoms with Gasteiger partial charge in [-0.05, 0) is 48.9 Å². The number of benzene rings is 2. The second kappa shape index (κ2) is 24.0. The number of amides is 1. The van der Waals surface area contributed by atoms with Gasteiger partial charge in [0.05, 0.1) is 30.7 Å². The average molecular weight is 658 g/mol. The van der Waals surface area contributed by atoms with Gasteiger partial charge in [0.15, 0.2) is 5.78 Å². The Morgan fingerprint density at radius 2 is 1.25 bits per heavy atom. The number of carbonyl (C=O) groups excluding carboxylic acids is 2. The third-order valence-electron chi connectivity index (χ3n) is 7.51. The zero-order valence-corrected chi connectivity index (χ0v) is 26.9. The summed E-state index contributed by atoms with van der Waals surface area (Å²) in [4.78, 5) is 24.6. The SMILES string of the molecule is CCCCCCCCCCCCCCCCCCOc1ccc(C(=O)CC(=O)Nc2cc(S(=O)(=O)O)ccc2OC)cc1.[KH]. The van der Waals surface area contributed by atoms with Crippen LogP contribution >= 0.6 is 0 Å². The summed E-state index contributed by atoms with van der Waals surface area (Å²) in [6, 6.07) is 10.2. The van der Waals surface area contributed by atoms with Crippen molar-refractivity contribution in [3.05, 3.63) is 48.0 Å². The van der Waals surface area contributed by atoms with E-state index in [9.17, 15) is 22.6 Å². The Morgan fingerprint density at radius 1 is 0.750 bits per heavy atom. The maximum atomic E-state index is 12.6. The van der Waals surface area contributed by atoms with Crippen molar-refractivity contribution in [1.29, 1.82) is 0 Å². The quantitative estimate of drug-likeness (QED) is 0.0384. The molecule has 0 bridgehead atoms. The monoisotopic (exact) mass is 657 g/mol. The summed E-state index contributed by atoms with van der Waals surface area (Å²) in [5.41, 5.74) is 0.400. The number of unbranched alkanes of at least 4 members (excludes halogenated alkanes) is 15. The summed E-state index contributed by atoms with van der Waals surface area (Å²) in [6.45, 7) is 2.89. The normalized spacial score (nSPS) is 11.1. The molecule has 0 saturated heterocycles. The zero-order valence-electron chi connectivity index (χ0n) is 26.1. The van der Waals surface area contributed by atoms with Gasteiger partial charge in [0, 0.05) is 5.56 Å². The molecular formula is C34H52KNO7S. The van der Waals surface area contributed by atoms with Crippen molar-refractivity contribution in [3.63, 3.8) is 0 Å². The van der Waals surface area contributed by atoms with Crippen LogP contribution in [0.5, 0.6) is 11.5 Å². The molecule has 2 aromatic rings. The van der Waals surface area contributed by atoms with Crippen LogP contribution in [0.25, 0.3) is 0 Å². The predicted octanol–water partition coefficient (Wildman–Crippen LogP) is 8.15. The van der Waals surface area contributed by atoms with E-state index in [1.165, 1.54) is 103 Å². The Morgan fingerprint density at radius 3 is 1.73 bits per heavy atom. The molecule has 0 heterocycles. The molecule has 2 rings (SSSR count). The van der Waals surface area contributed by atoms with Gasteiger partial charge in [-0.25, -0.2) is 0 Å². The van der Waals surface area contributed by atoms with Crippen molar-refractivity contribution >= 4 is 78.9 Å². The Kier molecular flexibility index (Phi) is 22.2. The number of ketones is 1. The van der Waals surface area contributed by atoms with Gasteiger partial charge in [0.25, 0.3) is 10.1 Å². The van der Waals surface area contributed by atoms with E-state index in [1.807, 2.05) is 0 Å². The van der Waals surface area contributed by atoms with Gasteiger partial charge in [-0.15, -0.1) is 0 Å². The Hall–Kier alpha value is -1.27. The molecule has 0 atom stereocenters. The number of Topliss-reactive ketones (excluding diaryl/α,β-unsaturated/α-hetero) is 1. The first-order valence-corrected chi connectivity index (χ1v) is 17.4. The second-order valence-corrected chi connectivity index (χ2v) is 12.6. The van der Waals surface area contributed by atoms with Gasteiger partial charge in [0.2, 0.25) is 5.91 Å². The molecule has 0 spiro atoms. The minimum absolute atomic E-state index is 0. The van der Waals surface area contributed by atoms with Gasteiger partial charge < -0.3 is 14.8 Å². The van der Waals surface area contributed by atoms with Crippen LogP contribution in [0, 0.1) is 0 Å². The van der Waals surface area contributed by atoms with E-state index < -0.39 is 33.1 Å². The van der Waals surface area contributed by atoms with Gasteiger partial charge in [-0.2, -0.15) is 8.42 Å². The van der Waals surface area contributed by atoms with Crippen molar-refractivity contribution in [2.45, 2.75) is 121 Å². The maximum absolute atomic E-state index is 12.6. The molecule has 1 amide bonds. The molecule has 0 aromatic heterocycles. The summed E-state index contributed by atoms with van der Waals surface area (Å²) >= 11 is 0. The van der Waals surface area contributed by atoms with Gasteiger partial charge in [-0.3, -0.25) is 14.1 Å². The summed E-state index contributed by atoms with van der Waals surface area (Å²) in [7, 11) is -3.11. The Balaban J connectivity index is 0.00000968. The van der Waals surface area contributed by atoms with Crippen LogP contribution < -0.4 is 14.8 Å². The number of methoxy groups -OCH3 is 1. The van der Waals surface area contributed by atoms with E-state index in [-0.39, 0.29) is 62.8 Å². The number of hydrogen-bond acceptors (Lipinski definition) is 6. The number of carbonyl (C=O) groups is 2. The second-order valence-electron chi connectivity index (χ2n) is 11.2.